The lowest BCUT2D eigenvalue weighted by atomic mass is 9.82. The zero-order chi connectivity index (χ0) is 19.2. The van der Waals surface area contributed by atoms with Crippen LogP contribution in [0.15, 0.2) is 97.2 Å². The Morgan fingerprint density at radius 1 is 0.655 bits per heavy atom. The largest absolute Gasteiger partial charge is 0.361 e. The monoisotopic (exact) mass is 371 g/mol. The van der Waals surface area contributed by atoms with Gasteiger partial charge >= 0.3 is 0 Å². The molecule has 5 aromatic rings. The molecule has 0 spiro atoms. The van der Waals surface area contributed by atoms with Gasteiger partial charge in [-0.1, -0.05) is 91.0 Å². The van der Waals surface area contributed by atoms with E-state index in [1.54, 1.807) is 0 Å². The van der Waals surface area contributed by atoms with Gasteiger partial charge in [-0.05, 0) is 56.0 Å². The average molecular weight is 371 g/mol. The molecule has 0 fully saturated rings. The highest BCUT2D eigenvalue weighted by Gasteiger charge is 2.20. The summed E-state index contributed by atoms with van der Waals surface area (Å²) in [5.41, 5.74) is 4.15. The van der Waals surface area contributed by atoms with Gasteiger partial charge in [0.2, 0.25) is 0 Å². The van der Waals surface area contributed by atoms with Gasteiger partial charge in [-0.2, -0.15) is 0 Å². The summed E-state index contributed by atoms with van der Waals surface area (Å²) < 4.78 is 0. The molecule has 1 heteroatoms. The van der Waals surface area contributed by atoms with Crippen LogP contribution in [0.25, 0.3) is 33.2 Å². The van der Waals surface area contributed by atoms with Crippen LogP contribution in [-0.2, 0) is 0 Å². The van der Waals surface area contributed by atoms with E-state index in [-0.39, 0.29) is 0 Å². The van der Waals surface area contributed by atoms with Gasteiger partial charge in [-0.25, -0.2) is 0 Å². The van der Waals surface area contributed by atoms with Crippen molar-refractivity contribution in [2.75, 3.05) is 0 Å². The first kappa shape index (κ1) is 16.4. The van der Waals surface area contributed by atoms with Crippen molar-refractivity contribution in [2.45, 2.75) is 12.3 Å². The molecular formula is C28H21N. The molecule has 1 aliphatic rings. The quantitative estimate of drug-likeness (QED) is 0.422. The van der Waals surface area contributed by atoms with Crippen LogP contribution < -0.4 is 10.6 Å². The smallest absolute Gasteiger partial charge is 0.0490 e. The predicted octanol–water partition coefficient (Wildman–Crippen LogP) is 5.49. The number of fused-ring (bicyclic) bond motifs is 3. The Kier molecular flexibility index (Phi) is 3.67. The molecule has 0 saturated heterocycles. The standard InChI is InChI=1S/C28H21N/c1-3-11-23-19(7-1)9-5-13-25(23)22-17-21-15-16-29-28(21)27(18-22)26-14-6-10-20-8-2-4-12-24(20)26/h1-17,22,29H,18H2. The second kappa shape index (κ2) is 6.49. The fraction of sp³-hybridized carbons (Fsp3) is 0.0714. The maximum atomic E-state index is 3.51. The number of H-pyrrole nitrogens is 1. The number of benzene rings is 4. The minimum Gasteiger partial charge on any atom is -0.361 e. The molecule has 1 aromatic heterocycles. The van der Waals surface area contributed by atoms with Crippen LogP contribution in [0.2, 0.25) is 0 Å². The van der Waals surface area contributed by atoms with E-state index in [0.29, 0.717) is 5.92 Å². The van der Waals surface area contributed by atoms with Crippen LogP contribution in [-0.4, -0.2) is 4.98 Å². The first-order chi connectivity index (χ1) is 14.4. The van der Waals surface area contributed by atoms with E-state index in [2.05, 4.69) is 108 Å². The Hall–Kier alpha value is -3.58. The number of aromatic amines is 1. The van der Waals surface area contributed by atoms with Crippen LogP contribution in [0, 0.1) is 0 Å². The highest BCUT2D eigenvalue weighted by Crippen LogP contribution is 2.36. The van der Waals surface area contributed by atoms with Gasteiger partial charge in [-0.15, -0.1) is 0 Å². The third-order valence-electron chi connectivity index (χ3n) is 6.22. The van der Waals surface area contributed by atoms with E-state index in [4.69, 9.17) is 0 Å². The lowest BCUT2D eigenvalue weighted by Gasteiger charge is -2.22. The van der Waals surface area contributed by atoms with Crippen molar-refractivity contribution in [2.24, 2.45) is 0 Å². The van der Waals surface area contributed by atoms with Crippen molar-refractivity contribution in [3.05, 3.63) is 119 Å². The molecule has 1 aliphatic carbocycles. The summed E-state index contributed by atoms with van der Waals surface area (Å²) in [5.74, 6) is 0.360. The summed E-state index contributed by atoms with van der Waals surface area (Å²) in [5, 5.41) is 7.85. The van der Waals surface area contributed by atoms with Crippen LogP contribution in [0.5, 0.6) is 0 Å². The van der Waals surface area contributed by atoms with E-state index >= 15 is 0 Å². The molecule has 1 nitrogen and oxygen atoms in total. The Labute approximate surface area is 169 Å². The van der Waals surface area contributed by atoms with Crippen LogP contribution in [0.3, 0.4) is 0 Å². The van der Waals surface area contributed by atoms with Crippen molar-refractivity contribution < 1.29 is 0 Å². The molecule has 6 rings (SSSR count). The van der Waals surface area contributed by atoms with Gasteiger partial charge in [0.15, 0.2) is 0 Å². The third kappa shape index (κ3) is 2.62. The van der Waals surface area contributed by atoms with Gasteiger partial charge in [0.25, 0.3) is 0 Å². The molecule has 1 atom stereocenters. The van der Waals surface area contributed by atoms with Gasteiger partial charge in [-0.3, -0.25) is 0 Å². The topological polar surface area (TPSA) is 15.8 Å². The van der Waals surface area contributed by atoms with Crippen LogP contribution in [0.1, 0.15) is 23.5 Å². The molecule has 0 aliphatic heterocycles. The normalized spacial score (nSPS) is 16.0. The molecule has 138 valence electrons. The zero-order valence-corrected chi connectivity index (χ0v) is 16.1. The van der Waals surface area contributed by atoms with E-state index < -0.39 is 0 Å². The molecule has 29 heavy (non-hydrogen) atoms. The van der Waals surface area contributed by atoms with Crippen molar-refractivity contribution in [3.8, 4) is 0 Å². The van der Waals surface area contributed by atoms with Gasteiger partial charge in [0, 0.05) is 17.5 Å². The number of hydrogen-bond acceptors (Lipinski definition) is 0. The highest BCUT2D eigenvalue weighted by atomic mass is 14.7. The van der Waals surface area contributed by atoms with Gasteiger partial charge < -0.3 is 4.98 Å². The van der Waals surface area contributed by atoms with Crippen molar-refractivity contribution in [1.82, 2.24) is 4.98 Å². The second-order valence-corrected chi connectivity index (χ2v) is 7.86. The second-order valence-electron chi connectivity index (χ2n) is 7.86. The Morgan fingerprint density at radius 3 is 2.21 bits per heavy atom. The molecule has 0 bridgehead atoms. The lowest BCUT2D eigenvalue weighted by Crippen LogP contribution is -2.30. The first-order valence-corrected chi connectivity index (χ1v) is 10.2. The summed E-state index contributed by atoms with van der Waals surface area (Å²) in [4.78, 5) is 3.51. The molecule has 0 radical (unpaired) electrons. The summed E-state index contributed by atoms with van der Waals surface area (Å²) >= 11 is 0. The number of aromatic nitrogens is 1. The number of hydrogen-bond donors (Lipinski definition) is 1. The summed E-state index contributed by atoms with van der Waals surface area (Å²) in [7, 11) is 0. The van der Waals surface area contributed by atoms with Crippen molar-refractivity contribution in [3.63, 3.8) is 0 Å². The number of rotatable bonds is 2. The fourth-order valence-electron chi connectivity index (χ4n) is 4.89. The Bertz CT molecular complexity index is 1480. The van der Waals surface area contributed by atoms with Crippen molar-refractivity contribution >= 4 is 33.2 Å². The molecule has 1 heterocycles. The van der Waals surface area contributed by atoms with Gasteiger partial charge in [0.1, 0.15) is 0 Å². The summed E-state index contributed by atoms with van der Waals surface area (Å²) in [6.07, 6.45) is 5.50. The summed E-state index contributed by atoms with van der Waals surface area (Å²) in [6.45, 7) is 0. The van der Waals surface area contributed by atoms with E-state index in [1.165, 1.54) is 48.8 Å². The minimum absolute atomic E-state index is 0.360. The SMILES string of the molecule is C1=c2cc[nH]c2=C(c2cccc3ccccc23)CC1c1cccc2ccccc12. The van der Waals surface area contributed by atoms with E-state index in [9.17, 15) is 0 Å². The maximum absolute atomic E-state index is 3.51. The van der Waals surface area contributed by atoms with Crippen LogP contribution >= 0.6 is 0 Å². The molecule has 1 unspecified atom stereocenters. The van der Waals surface area contributed by atoms with E-state index in [0.717, 1.165) is 6.42 Å². The minimum atomic E-state index is 0.360. The maximum Gasteiger partial charge on any atom is 0.0490 e. The summed E-state index contributed by atoms with van der Waals surface area (Å²) in [6, 6.07) is 33.0. The molecular weight excluding hydrogens is 350 g/mol. The van der Waals surface area contributed by atoms with Gasteiger partial charge in [0.05, 0.1) is 0 Å². The van der Waals surface area contributed by atoms with E-state index in [1.807, 2.05) is 0 Å². The first-order valence-electron chi connectivity index (χ1n) is 10.2. The van der Waals surface area contributed by atoms with Crippen molar-refractivity contribution in [1.29, 1.82) is 0 Å². The Balaban J connectivity index is 1.59. The molecule has 4 aromatic carbocycles. The predicted molar refractivity (Wildman–Crippen MR) is 122 cm³/mol. The molecule has 0 amide bonds. The molecule has 1 N–H and O–H groups in total. The number of nitrogens with one attached hydrogen (secondary N) is 1. The Morgan fingerprint density at radius 2 is 1.34 bits per heavy atom. The fourth-order valence-corrected chi connectivity index (χ4v) is 4.89. The average Bonchev–Trinajstić information content (AvgIpc) is 3.26. The zero-order valence-electron chi connectivity index (χ0n) is 16.1. The lowest BCUT2D eigenvalue weighted by molar-refractivity contribution is 0.906. The highest BCUT2D eigenvalue weighted by molar-refractivity contribution is 5.94. The molecule has 0 saturated carbocycles. The third-order valence-corrected chi connectivity index (χ3v) is 6.22. The van der Waals surface area contributed by atoms with Crippen LogP contribution in [0.4, 0.5) is 0 Å².